The normalized spacial score (nSPS) is 21.7. The standard InChI is InChI=1S/C8H13N5O2/c14-7-2-1-3-12(4-7)8(15)5-13-6-9-10-11-13/h6-7,14H,1-5H2. The van der Waals surface area contributed by atoms with Crippen LogP contribution in [-0.2, 0) is 11.3 Å². The first-order valence-electron chi connectivity index (χ1n) is 4.92. The van der Waals surface area contributed by atoms with Gasteiger partial charge < -0.3 is 10.0 Å². The van der Waals surface area contributed by atoms with E-state index in [1.165, 1.54) is 11.0 Å². The number of piperidine rings is 1. The number of carbonyl (C=O) groups excluding carboxylic acids is 1. The molecule has 2 heterocycles. The second-order valence-electron chi connectivity index (χ2n) is 3.64. The summed E-state index contributed by atoms with van der Waals surface area (Å²) < 4.78 is 1.38. The molecule has 0 saturated carbocycles. The van der Waals surface area contributed by atoms with Crippen LogP contribution in [0.15, 0.2) is 6.33 Å². The zero-order valence-electron chi connectivity index (χ0n) is 8.28. The highest BCUT2D eigenvalue weighted by Gasteiger charge is 2.22. The van der Waals surface area contributed by atoms with Crippen molar-refractivity contribution >= 4 is 5.91 Å². The van der Waals surface area contributed by atoms with Crippen LogP contribution in [0.2, 0.25) is 0 Å². The lowest BCUT2D eigenvalue weighted by Crippen LogP contribution is -2.43. The van der Waals surface area contributed by atoms with Crippen LogP contribution in [0.1, 0.15) is 12.8 Å². The summed E-state index contributed by atoms with van der Waals surface area (Å²) in [6.07, 6.45) is 2.63. The molecule has 2 rings (SSSR count). The number of aliphatic hydroxyl groups excluding tert-OH is 1. The first kappa shape index (κ1) is 10.0. The molecule has 1 N–H and O–H groups in total. The number of hydrogen-bond donors (Lipinski definition) is 1. The van der Waals surface area contributed by atoms with E-state index in [9.17, 15) is 9.90 Å². The fraction of sp³-hybridized carbons (Fsp3) is 0.750. The summed E-state index contributed by atoms with van der Waals surface area (Å²) in [6.45, 7) is 1.26. The van der Waals surface area contributed by atoms with Gasteiger partial charge in [-0.1, -0.05) is 0 Å². The van der Waals surface area contributed by atoms with Crippen molar-refractivity contribution in [2.24, 2.45) is 0 Å². The lowest BCUT2D eigenvalue weighted by molar-refractivity contribution is -0.135. The van der Waals surface area contributed by atoms with Crippen LogP contribution in [0.3, 0.4) is 0 Å². The molecule has 1 atom stereocenters. The third-order valence-electron chi connectivity index (χ3n) is 2.44. The van der Waals surface area contributed by atoms with E-state index in [0.29, 0.717) is 13.1 Å². The van der Waals surface area contributed by atoms with Crippen LogP contribution < -0.4 is 0 Å². The van der Waals surface area contributed by atoms with Gasteiger partial charge in [0.25, 0.3) is 0 Å². The number of aromatic nitrogens is 4. The van der Waals surface area contributed by atoms with Crippen LogP contribution in [0.4, 0.5) is 0 Å². The molecule has 0 aromatic carbocycles. The number of nitrogens with zero attached hydrogens (tertiary/aromatic N) is 5. The summed E-state index contributed by atoms with van der Waals surface area (Å²) >= 11 is 0. The maximum Gasteiger partial charge on any atom is 0.244 e. The minimum Gasteiger partial charge on any atom is -0.391 e. The molecule has 0 radical (unpaired) electrons. The first-order valence-corrected chi connectivity index (χ1v) is 4.92. The van der Waals surface area contributed by atoms with Gasteiger partial charge in [0.2, 0.25) is 5.91 Å². The third kappa shape index (κ3) is 2.50. The van der Waals surface area contributed by atoms with Gasteiger partial charge in [0.15, 0.2) is 0 Å². The maximum absolute atomic E-state index is 11.7. The average molecular weight is 211 g/mol. The minimum atomic E-state index is -0.392. The molecule has 7 nitrogen and oxygen atoms in total. The van der Waals surface area contributed by atoms with Gasteiger partial charge in [-0.2, -0.15) is 0 Å². The van der Waals surface area contributed by atoms with Gasteiger partial charge in [-0.3, -0.25) is 4.79 Å². The second kappa shape index (κ2) is 4.35. The first-order chi connectivity index (χ1) is 7.25. The summed E-state index contributed by atoms with van der Waals surface area (Å²) in [6, 6.07) is 0. The summed E-state index contributed by atoms with van der Waals surface area (Å²) in [4.78, 5) is 13.4. The fourth-order valence-corrected chi connectivity index (χ4v) is 1.67. The zero-order valence-corrected chi connectivity index (χ0v) is 8.28. The molecule has 1 amide bonds. The highest BCUT2D eigenvalue weighted by molar-refractivity contribution is 5.75. The van der Waals surface area contributed by atoms with E-state index in [2.05, 4.69) is 15.5 Å². The van der Waals surface area contributed by atoms with Crippen molar-refractivity contribution in [2.75, 3.05) is 13.1 Å². The van der Waals surface area contributed by atoms with Crippen LogP contribution in [0.25, 0.3) is 0 Å². The van der Waals surface area contributed by atoms with E-state index in [1.54, 1.807) is 4.90 Å². The van der Waals surface area contributed by atoms with Gasteiger partial charge in [0, 0.05) is 13.1 Å². The number of aliphatic hydroxyl groups is 1. The van der Waals surface area contributed by atoms with Crippen molar-refractivity contribution in [3.8, 4) is 0 Å². The quantitative estimate of drug-likeness (QED) is 0.654. The summed E-state index contributed by atoms with van der Waals surface area (Å²) in [7, 11) is 0. The van der Waals surface area contributed by atoms with Crippen molar-refractivity contribution in [3.05, 3.63) is 6.33 Å². The van der Waals surface area contributed by atoms with E-state index < -0.39 is 6.10 Å². The summed E-state index contributed by atoms with van der Waals surface area (Å²) in [5.74, 6) is -0.0546. The molecule has 0 spiro atoms. The Balaban J connectivity index is 1.90. The van der Waals surface area contributed by atoms with Gasteiger partial charge in [0.05, 0.1) is 6.10 Å². The van der Waals surface area contributed by atoms with Crippen LogP contribution in [0, 0.1) is 0 Å². The third-order valence-corrected chi connectivity index (χ3v) is 2.44. The molecule has 1 fully saturated rings. The molecule has 82 valence electrons. The molecule has 1 unspecified atom stereocenters. The van der Waals surface area contributed by atoms with Crippen molar-refractivity contribution in [1.29, 1.82) is 0 Å². The van der Waals surface area contributed by atoms with Crippen LogP contribution >= 0.6 is 0 Å². The number of tetrazole rings is 1. The Morgan fingerprint density at radius 1 is 1.60 bits per heavy atom. The highest BCUT2D eigenvalue weighted by atomic mass is 16.3. The molecule has 15 heavy (non-hydrogen) atoms. The van der Waals surface area contributed by atoms with Gasteiger partial charge in [-0.05, 0) is 23.3 Å². The van der Waals surface area contributed by atoms with E-state index in [1.807, 2.05) is 0 Å². The number of hydrogen-bond acceptors (Lipinski definition) is 5. The largest absolute Gasteiger partial charge is 0.391 e. The Hall–Kier alpha value is -1.50. The van der Waals surface area contributed by atoms with E-state index in [-0.39, 0.29) is 12.5 Å². The number of amides is 1. The van der Waals surface area contributed by atoms with Crippen molar-refractivity contribution in [3.63, 3.8) is 0 Å². The van der Waals surface area contributed by atoms with Crippen molar-refractivity contribution < 1.29 is 9.90 Å². The predicted octanol–water partition coefficient (Wildman–Crippen LogP) is -1.34. The number of rotatable bonds is 2. The molecular formula is C8H13N5O2. The molecule has 7 heteroatoms. The SMILES string of the molecule is O=C(Cn1cnnn1)N1CCCC(O)C1. The Bertz CT molecular complexity index is 326. The summed E-state index contributed by atoms with van der Waals surface area (Å²) in [5.41, 5.74) is 0. The Morgan fingerprint density at radius 2 is 2.47 bits per heavy atom. The molecule has 0 bridgehead atoms. The second-order valence-corrected chi connectivity index (χ2v) is 3.64. The average Bonchev–Trinajstić information content (AvgIpc) is 2.70. The molecule has 1 aromatic rings. The fourth-order valence-electron chi connectivity index (χ4n) is 1.67. The van der Waals surface area contributed by atoms with Gasteiger partial charge in [0.1, 0.15) is 12.9 Å². The van der Waals surface area contributed by atoms with Crippen molar-refractivity contribution in [2.45, 2.75) is 25.5 Å². The van der Waals surface area contributed by atoms with E-state index >= 15 is 0 Å². The molecule has 0 aliphatic carbocycles. The van der Waals surface area contributed by atoms with Crippen LogP contribution in [0.5, 0.6) is 0 Å². The number of β-amino-alcohol motifs (C(OH)–C–C–N with tert-alkyl or cyclic N) is 1. The smallest absolute Gasteiger partial charge is 0.244 e. The lowest BCUT2D eigenvalue weighted by atomic mass is 10.1. The predicted molar refractivity (Wildman–Crippen MR) is 49.6 cm³/mol. The topological polar surface area (TPSA) is 84.1 Å². The number of likely N-dealkylation sites (tertiary alicyclic amines) is 1. The Morgan fingerprint density at radius 3 is 3.13 bits per heavy atom. The Labute approximate surface area is 86.7 Å². The maximum atomic E-state index is 11.7. The number of carbonyl (C=O) groups is 1. The summed E-state index contributed by atoms with van der Waals surface area (Å²) in [5, 5.41) is 19.9. The van der Waals surface area contributed by atoms with Crippen LogP contribution in [-0.4, -0.2) is 55.3 Å². The Kier molecular flexibility index (Phi) is 2.91. The van der Waals surface area contributed by atoms with Crippen molar-refractivity contribution in [1.82, 2.24) is 25.1 Å². The lowest BCUT2D eigenvalue weighted by Gasteiger charge is -2.29. The van der Waals surface area contributed by atoms with Gasteiger partial charge in [-0.25, -0.2) is 4.68 Å². The minimum absolute atomic E-state index is 0.0546. The highest BCUT2D eigenvalue weighted by Crippen LogP contribution is 2.09. The van der Waals surface area contributed by atoms with Gasteiger partial charge in [-0.15, -0.1) is 5.10 Å². The zero-order chi connectivity index (χ0) is 10.7. The van der Waals surface area contributed by atoms with Gasteiger partial charge >= 0.3 is 0 Å². The molecule has 1 aliphatic rings. The molecule has 1 aromatic heterocycles. The van der Waals surface area contributed by atoms with E-state index in [0.717, 1.165) is 12.8 Å². The monoisotopic (exact) mass is 211 g/mol. The van der Waals surface area contributed by atoms with E-state index in [4.69, 9.17) is 0 Å². The molecule has 1 aliphatic heterocycles. The molecule has 1 saturated heterocycles. The molecular weight excluding hydrogens is 198 g/mol.